The zero-order chi connectivity index (χ0) is 9.84. The molecule has 1 atom stereocenters. The Kier molecular flexibility index (Phi) is 3.11. The molecule has 0 aliphatic carbocycles. The van der Waals surface area contributed by atoms with Crippen LogP contribution in [-0.2, 0) is 0 Å². The first-order valence-electron chi connectivity index (χ1n) is 4.06. The van der Waals surface area contributed by atoms with Gasteiger partial charge in [0.1, 0.15) is 5.82 Å². The number of nitrogens with two attached hydrogens (primary N) is 1. The van der Waals surface area contributed by atoms with Gasteiger partial charge in [-0.05, 0) is 19.9 Å². The third kappa shape index (κ3) is 2.34. The second-order valence-electron chi connectivity index (χ2n) is 2.97. The normalized spacial score (nSPS) is 12.5. The van der Waals surface area contributed by atoms with Gasteiger partial charge in [0.05, 0.1) is 11.7 Å². The molecule has 0 bridgehead atoms. The molecule has 70 valence electrons. The highest BCUT2D eigenvalue weighted by atomic mass is 15.2. The molecule has 1 aromatic rings. The van der Waals surface area contributed by atoms with Gasteiger partial charge in [-0.1, -0.05) is 12.2 Å². The highest BCUT2D eigenvalue weighted by molar-refractivity contribution is 5.17. The van der Waals surface area contributed by atoms with Crippen molar-refractivity contribution >= 4 is 0 Å². The SMILES string of the molecule is C=C(C)C(NN)c1ccnc(C)n1. The predicted molar refractivity (Wildman–Crippen MR) is 51.6 cm³/mol. The van der Waals surface area contributed by atoms with Gasteiger partial charge in [-0.2, -0.15) is 0 Å². The zero-order valence-corrected chi connectivity index (χ0v) is 7.91. The first-order valence-corrected chi connectivity index (χ1v) is 4.06. The Morgan fingerprint density at radius 3 is 2.85 bits per heavy atom. The standard InChI is InChI=1S/C9H14N4/c1-6(2)9(13-10)8-4-5-11-7(3)12-8/h4-5,9,13H,1,10H2,2-3H3. The third-order valence-corrected chi connectivity index (χ3v) is 1.75. The molecule has 0 fully saturated rings. The Hall–Kier alpha value is -1.26. The monoisotopic (exact) mass is 178 g/mol. The predicted octanol–water partition coefficient (Wildman–Crippen LogP) is 0.866. The van der Waals surface area contributed by atoms with Crippen LogP contribution >= 0.6 is 0 Å². The summed E-state index contributed by atoms with van der Waals surface area (Å²) in [6, 6.07) is 1.73. The van der Waals surface area contributed by atoms with Gasteiger partial charge in [0.25, 0.3) is 0 Å². The fourth-order valence-electron chi connectivity index (χ4n) is 1.12. The van der Waals surface area contributed by atoms with E-state index in [1.54, 1.807) is 6.20 Å². The summed E-state index contributed by atoms with van der Waals surface area (Å²) >= 11 is 0. The minimum absolute atomic E-state index is 0.0956. The molecule has 0 radical (unpaired) electrons. The first kappa shape index (κ1) is 9.83. The van der Waals surface area contributed by atoms with Crippen molar-refractivity contribution in [3.05, 3.63) is 35.9 Å². The van der Waals surface area contributed by atoms with Crippen molar-refractivity contribution < 1.29 is 0 Å². The smallest absolute Gasteiger partial charge is 0.125 e. The molecule has 0 saturated carbocycles. The van der Waals surface area contributed by atoms with Crippen LogP contribution in [0.25, 0.3) is 0 Å². The topological polar surface area (TPSA) is 63.8 Å². The van der Waals surface area contributed by atoms with E-state index in [0.29, 0.717) is 0 Å². The number of hydrogen-bond acceptors (Lipinski definition) is 4. The van der Waals surface area contributed by atoms with Crippen molar-refractivity contribution in [2.45, 2.75) is 19.9 Å². The average Bonchev–Trinajstić information content (AvgIpc) is 2.04. The average molecular weight is 178 g/mol. The molecular weight excluding hydrogens is 164 g/mol. The number of aryl methyl sites for hydroxylation is 1. The van der Waals surface area contributed by atoms with Crippen molar-refractivity contribution in [3.63, 3.8) is 0 Å². The van der Waals surface area contributed by atoms with Gasteiger partial charge in [0, 0.05) is 6.20 Å². The van der Waals surface area contributed by atoms with Crippen molar-refractivity contribution in [2.75, 3.05) is 0 Å². The van der Waals surface area contributed by atoms with Gasteiger partial charge >= 0.3 is 0 Å². The van der Waals surface area contributed by atoms with E-state index in [-0.39, 0.29) is 6.04 Å². The molecule has 0 spiro atoms. The summed E-state index contributed by atoms with van der Waals surface area (Å²) in [7, 11) is 0. The second-order valence-corrected chi connectivity index (χ2v) is 2.97. The van der Waals surface area contributed by atoms with Crippen molar-refractivity contribution in [2.24, 2.45) is 5.84 Å². The summed E-state index contributed by atoms with van der Waals surface area (Å²) in [5.74, 6) is 6.12. The number of hydrazine groups is 1. The van der Waals surface area contributed by atoms with E-state index < -0.39 is 0 Å². The number of rotatable bonds is 3. The number of nitrogens with one attached hydrogen (secondary N) is 1. The van der Waals surface area contributed by atoms with Crippen LogP contribution in [0.1, 0.15) is 24.5 Å². The lowest BCUT2D eigenvalue weighted by atomic mass is 10.1. The van der Waals surface area contributed by atoms with Crippen LogP contribution in [0.2, 0.25) is 0 Å². The van der Waals surface area contributed by atoms with Gasteiger partial charge in [-0.3, -0.25) is 5.84 Å². The fraction of sp³-hybridized carbons (Fsp3) is 0.333. The molecule has 3 N–H and O–H groups in total. The van der Waals surface area contributed by atoms with Crippen molar-refractivity contribution in [1.82, 2.24) is 15.4 Å². The van der Waals surface area contributed by atoms with E-state index in [0.717, 1.165) is 17.1 Å². The van der Waals surface area contributed by atoms with Crippen molar-refractivity contribution in [3.8, 4) is 0 Å². The van der Waals surface area contributed by atoms with Gasteiger partial charge in [0.15, 0.2) is 0 Å². The number of hydrogen-bond donors (Lipinski definition) is 2. The van der Waals surface area contributed by atoms with E-state index in [9.17, 15) is 0 Å². The molecule has 0 amide bonds. The van der Waals surface area contributed by atoms with E-state index >= 15 is 0 Å². The molecule has 0 aliphatic rings. The van der Waals surface area contributed by atoms with Crippen molar-refractivity contribution in [1.29, 1.82) is 0 Å². The van der Waals surface area contributed by atoms with Crippen LogP contribution in [0.3, 0.4) is 0 Å². The number of nitrogens with zero attached hydrogens (tertiary/aromatic N) is 2. The maximum atomic E-state index is 5.38. The van der Waals surface area contributed by atoms with E-state index in [2.05, 4.69) is 22.0 Å². The molecule has 1 rings (SSSR count). The maximum absolute atomic E-state index is 5.38. The fourth-order valence-corrected chi connectivity index (χ4v) is 1.12. The lowest BCUT2D eigenvalue weighted by Gasteiger charge is -2.14. The molecule has 0 saturated heterocycles. The number of aromatic nitrogens is 2. The van der Waals surface area contributed by atoms with Gasteiger partial charge in [0.2, 0.25) is 0 Å². The van der Waals surface area contributed by atoms with E-state index in [1.165, 1.54) is 0 Å². The van der Waals surface area contributed by atoms with Crippen LogP contribution in [0.4, 0.5) is 0 Å². The summed E-state index contributed by atoms with van der Waals surface area (Å²) in [4.78, 5) is 8.26. The van der Waals surface area contributed by atoms with Crippen LogP contribution in [0.15, 0.2) is 24.4 Å². The van der Waals surface area contributed by atoms with Crippen LogP contribution in [0.5, 0.6) is 0 Å². The Morgan fingerprint density at radius 2 is 2.38 bits per heavy atom. The minimum Gasteiger partial charge on any atom is -0.271 e. The summed E-state index contributed by atoms with van der Waals surface area (Å²) in [5, 5.41) is 0. The highest BCUT2D eigenvalue weighted by Gasteiger charge is 2.11. The first-order chi connectivity index (χ1) is 6.15. The molecule has 4 heteroatoms. The maximum Gasteiger partial charge on any atom is 0.125 e. The zero-order valence-electron chi connectivity index (χ0n) is 7.91. The molecule has 1 aromatic heterocycles. The van der Waals surface area contributed by atoms with E-state index in [1.807, 2.05) is 19.9 Å². The molecule has 0 aromatic carbocycles. The Morgan fingerprint density at radius 1 is 1.69 bits per heavy atom. The summed E-state index contributed by atoms with van der Waals surface area (Å²) in [6.07, 6.45) is 1.71. The Labute approximate surface area is 77.9 Å². The quantitative estimate of drug-likeness (QED) is 0.409. The highest BCUT2D eigenvalue weighted by Crippen LogP contribution is 2.15. The molecular formula is C9H14N4. The molecule has 13 heavy (non-hydrogen) atoms. The Balaban J connectivity index is 2.98. The molecule has 0 aliphatic heterocycles. The van der Waals surface area contributed by atoms with Crippen LogP contribution < -0.4 is 11.3 Å². The van der Waals surface area contributed by atoms with Gasteiger partial charge in [-0.25, -0.2) is 15.4 Å². The molecule has 1 unspecified atom stereocenters. The largest absolute Gasteiger partial charge is 0.271 e. The summed E-state index contributed by atoms with van der Waals surface area (Å²) < 4.78 is 0. The molecule has 1 heterocycles. The second kappa shape index (κ2) is 4.11. The molecule has 4 nitrogen and oxygen atoms in total. The summed E-state index contributed by atoms with van der Waals surface area (Å²) in [6.45, 7) is 7.58. The lowest BCUT2D eigenvalue weighted by molar-refractivity contribution is 0.607. The lowest BCUT2D eigenvalue weighted by Crippen LogP contribution is -2.29. The Bertz CT molecular complexity index is 308. The van der Waals surface area contributed by atoms with Crippen LogP contribution in [0, 0.1) is 6.92 Å². The van der Waals surface area contributed by atoms with Gasteiger partial charge in [-0.15, -0.1) is 0 Å². The van der Waals surface area contributed by atoms with E-state index in [4.69, 9.17) is 5.84 Å². The van der Waals surface area contributed by atoms with Gasteiger partial charge < -0.3 is 0 Å². The van der Waals surface area contributed by atoms with Crippen LogP contribution in [-0.4, -0.2) is 9.97 Å². The minimum atomic E-state index is -0.0956. The third-order valence-electron chi connectivity index (χ3n) is 1.75. The summed E-state index contributed by atoms with van der Waals surface area (Å²) in [5.41, 5.74) is 4.44.